The van der Waals surface area contributed by atoms with Gasteiger partial charge >= 0.3 is 5.63 Å². The van der Waals surface area contributed by atoms with Crippen molar-refractivity contribution in [1.82, 2.24) is 0 Å². The minimum absolute atomic E-state index is 0.0670. The van der Waals surface area contributed by atoms with Gasteiger partial charge in [0.2, 0.25) is 0 Å². The molecule has 40 heavy (non-hydrogen) atoms. The Bertz CT molecular complexity index is 1210. The smallest absolute Gasteiger partial charge is 0.335 e. The number of aliphatic hydroxyl groups excluding tert-OH is 2. The Hall–Kier alpha value is -1.95. The number of hydrogen-bond acceptors (Lipinski definition) is 10. The molecule has 4 N–H and O–H groups in total. The third-order valence-electron chi connectivity index (χ3n) is 11.6. The Kier molecular flexibility index (Phi) is 6.72. The van der Waals surface area contributed by atoms with E-state index in [2.05, 4.69) is 0 Å². The van der Waals surface area contributed by atoms with E-state index in [1.165, 1.54) is 12.3 Å². The highest BCUT2D eigenvalue weighted by atomic mass is 16.7. The Morgan fingerprint density at radius 2 is 1.82 bits per heavy atom. The van der Waals surface area contributed by atoms with E-state index in [1.54, 1.807) is 19.9 Å². The first-order valence-corrected chi connectivity index (χ1v) is 14.6. The minimum atomic E-state index is -1.45. The first-order chi connectivity index (χ1) is 18.9. The summed E-state index contributed by atoms with van der Waals surface area (Å²) >= 11 is 0. The summed E-state index contributed by atoms with van der Waals surface area (Å²) in [5.74, 6) is -1.36. The normalized spacial score (nSPS) is 50.5. The van der Waals surface area contributed by atoms with Crippen LogP contribution in [-0.4, -0.2) is 74.4 Å². The van der Waals surface area contributed by atoms with E-state index in [0.717, 1.165) is 6.29 Å². The molecule has 10 nitrogen and oxygen atoms in total. The van der Waals surface area contributed by atoms with Crippen LogP contribution in [0, 0.1) is 22.7 Å². The Labute approximate surface area is 232 Å². The number of ketones is 1. The summed E-state index contributed by atoms with van der Waals surface area (Å²) in [7, 11) is 0. The number of carbonyl (C=O) groups excluding carboxylic acids is 2. The molecule has 4 saturated carbocycles. The number of fused-ring (bicyclic) bond motifs is 5. The Balaban J connectivity index is 1.27. The zero-order valence-electron chi connectivity index (χ0n) is 23.0. The van der Waals surface area contributed by atoms with Crippen molar-refractivity contribution in [2.45, 2.75) is 119 Å². The van der Waals surface area contributed by atoms with Crippen LogP contribution in [0.2, 0.25) is 0 Å². The van der Waals surface area contributed by atoms with Crippen molar-refractivity contribution in [1.29, 1.82) is 0 Å². The average Bonchev–Trinajstić information content (AvgIpc) is 3.20. The van der Waals surface area contributed by atoms with E-state index in [9.17, 15) is 34.8 Å². The van der Waals surface area contributed by atoms with Crippen molar-refractivity contribution in [3.63, 3.8) is 0 Å². The van der Waals surface area contributed by atoms with Crippen LogP contribution in [0.1, 0.15) is 83.1 Å². The fourth-order valence-electron chi connectivity index (χ4n) is 9.42. The molecule has 0 spiro atoms. The molecule has 2 heterocycles. The molecule has 220 valence electrons. The maximum absolute atomic E-state index is 14.0. The molecule has 1 aromatic rings. The van der Waals surface area contributed by atoms with Crippen molar-refractivity contribution in [3.8, 4) is 0 Å². The lowest BCUT2D eigenvalue weighted by Crippen LogP contribution is -2.70. The van der Waals surface area contributed by atoms with E-state index in [0.29, 0.717) is 37.7 Å². The summed E-state index contributed by atoms with van der Waals surface area (Å²) in [5.41, 5.74) is -4.93. The van der Waals surface area contributed by atoms with E-state index < -0.39 is 58.2 Å². The third kappa shape index (κ3) is 3.79. The van der Waals surface area contributed by atoms with Crippen molar-refractivity contribution >= 4 is 12.1 Å². The van der Waals surface area contributed by atoms with E-state index in [-0.39, 0.29) is 49.4 Å². The van der Waals surface area contributed by atoms with Crippen molar-refractivity contribution in [2.75, 3.05) is 0 Å². The molecule has 5 aliphatic rings. The van der Waals surface area contributed by atoms with E-state index in [4.69, 9.17) is 13.9 Å². The van der Waals surface area contributed by atoms with Gasteiger partial charge in [0.25, 0.3) is 0 Å². The minimum Gasteiger partial charge on any atom is -0.431 e. The summed E-state index contributed by atoms with van der Waals surface area (Å²) < 4.78 is 16.9. The average molecular weight is 561 g/mol. The molecule has 0 radical (unpaired) electrons. The number of aldehydes is 1. The second-order valence-corrected chi connectivity index (χ2v) is 13.3. The predicted molar refractivity (Wildman–Crippen MR) is 139 cm³/mol. The van der Waals surface area contributed by atoms with Gasteiger partial charge in [-0.3, -0.25) is 4.79 Å². The van der Waals surface area contributed by atoms with Crippen molar-refractivity contribution < 1.29 is 43.9 Å². The van der Waals surface area contributed by atoms with Crippen molar-refractivity contribution in [2.24, 2.45) is 22.7 Å². The SMILES string of the molecule is C[C@H]1C[C@H](O)[C@H](O)[C@H](O[C@H]2CC[C@]3(C=O)[C@H]4CC(=O)[C@]5(C)[C@@H](c6ccc(=O)oc6)CC[C@]5(O)[C@@H]4CC[C@]3(O)C2)O1. The maximum Gasteiger partial charge on any atom is 0.335 e. The third-order valence-corrected chi connectivity index (χ3v) is 11.6. The van der Waals surface area contributed by atoms with Gasteiger partial charge in [-0.1, -0.05) is 0 Å². The molecule has 4 aliphatic carbocycles. The molecule has 0 unspecified atom stereocenters. The molecule has 1 aliphatic heterocycles. The van der Waals surface area contributed by atoms with Crippen LogP contribution < -0.4 is 5.63 Å². The van der Waals surface area contributed by atoms with Crippen LogP contribution in [0.25, 0.3) is 0 Å². The molecular weight excluding hydrogens is 520 g/mol. The summed E-state index contributed by atoms with van der Waals surface area (Å²) in [6.07, 6.45) is 0.927. The summed E-state index contributed by atoms with van der Waals surface area (Å²) in [6, 6.07) is 2.99. The highest BCUT2D eigenvalue weighted by Crippen LogP contribution is 2.70. The molecule has 0 amide bonds. The molecule has 1 aromatic heterocycles. The lowest BCUT2D eigenvalue weighted by molar-refractivity contribution is -0.296. The van der Waals surface area contributed by atoms with Crippen LogP contribution in [0.5, 0.6) is 0 Å². The first-order valence-electron chi connectivity index (χ1n) is 14.6. The van der Waals surface area contributed by atoms with E-state index >= 15 is 0 Å². The van der Waals surface area contributed by atoms with Crippen LogP contribution in [0.15, 0.2) is 27.6 Å². The van der Waals surface area contributed by atoms with Gasteiger partial charge < -0.3 is 39.1 Å². The number of Topliss-reactive ketones (excluding diaryl/α,β-unsaturated/α-hetero) is 1. The maximum atomic E-state index is 14.0. The number of rotatable bonds is 4. The Morgan fingerprint density at radius 1 is 1.05 bits per heavy atom. The van der Waals surface area contributed by atoms with Gasteiger partial charge in [0.05, 0.1) is 46.6 Å². The lowest BCUT2D eigenvalue weighted by Gasteiger charge is -2.64. The van der Waals surface area contributed by atoms with E-state index in [1.807, 2.05) is 0 Å². The lowest BCUT2D eigenvalue weighted by atomic mass is 9.41. The van der Waals surface area contributed by atoms with Crippen molar-refractivity contribution in [3.05, 3.63) is 34.4 Å². The summed E-state index contributed by atoms with van der Waals surface area (Å²) in [5, 5.41) is 45.0. The van der Waals surface area contributed by atoms with Crippen LogP contribution in [0.4, 0.5) is 0 Å². The highest BCUT2D eigenvalue weighted by Gasteiger charge is 2.74. The van der Waals surface area contributed by atoms with Crippen LogP contribution in [-0.2, 0) is 19.1 Å². The van der Waals surface area contributed by atoms with Crippen LogP contribution >= 0.6 is 0 Å². The van der Waals surface area contributed by atoms with Gasteiger partial charge in [-0.15, -0.1) is 0 Å². The predicted octanol–water partition coefficient (Wildman–Crippen LogP) is 1.60. The molecule has 5 fully saturated rings. The fraction of sp³-hybridized carbons (Fsp3) is 0.767. The number of ether oxygens (including phenoxy) is 2. The second-order valence-electron chi connectivity index (χ2n) is 13.3. The largest absolute Gasteiger partial charge is 0.431 e. The molecular formula is C30H40O10. The number of carbonyl (C=O) groups is 2. The topological polar surface area (TPSA) is 164 Å². The fourth-order valence-corrected chi connectivity index (χ4v) is 9.42. The van der Waals surface area contributed by atoms with Gasteiger partial charge in [0.1, 0.15) is 18.2 Å². The zero-order chi connectivity index (χ0) is 28.7. The molecule has 1 saturated heterocycles. The summed E-state index contributed by atoms with van der Waals surface area (Å²) in [6.45, 7) is 3.59. The van der Waals surface area contributed by atoms with Gasteiger partial charge in [-0.2, -0.15) is 0 Å². The van der Waals surface area contributed by atoms with Crippen LogP contribution in [0.3, 0.4) is 0 Å². The monoisotopic (exact) mass is 560 g/mol. The quantitative estimate of drug-likeness (QED) is 0.314. The Morgan fingerprint density at radius 3 is 2.52 bits per heavy atom. The molecule has 12 atom stereocenters. The highest BCUT2D eigenvalue weighted by molar-refractivity contribution is 5.90. The summed E-state index contributed by atoms with van der Waals surface area (Å²) in [4.78, 5) is 38.6. The molecule has 10 heteroatoms. The van der Waals surface area contributed by atoms with Gasteiger partial charge in [0, 0.05) is 31.2 Å². The van der Waals surface area contributed by atoms with Gasteiger partial charge in [-0.05, 0) is 75.8 Å². The van der Waals surface area contributed by atoms with Gasteiger partial charge in [0.15, 0.2) is 6.29 Å². The zero-order valence-corrected chi connectivity index (χ0v) is 23.0. The molecule has 6 rings (SSSR count). The molecule has 0 aromatic carbocycles. The second kappa shape index (κ2) is 9.54. The molecule has 0 bridgehead atoms. The first kappa shape index (κ1) is 28.2. The van der Waals surface area contributed by atoms with Gasteiger partial charge in [-0.25, -0.2) is 4.79 Å². The number of aliphatic hydroxyl groups is 4. The number of hydrogen-bond donors (Lipinski definition) is 4. The standard InChI is InChI=1S/C30H40O10/c1-16-11-22(32)25(35)26(39-16)40-18-5-8-28(15-31)21-12-23(33)27(2)19(17-3-4-24(34)38-14-17)7-10-30(27,37)20(21)6-9-29(28,36)13-18/h3-4,14-16,18-22,25-26,32,35-37H,5-13H2,1-2H3/t16-,18-,19+,20+,21-,22-,25-,26-,27-,28-,29-,30-/m0/s1.